The summed E-state index contributed by atoms with van der Waals surface area (Å²) in [6, 6.07) is 15.8. The molecule has 0 radical (unpaired) electrons. The molecule has 4 rings (SSSR count). The van der Waals surface area contributed by atoms with Crippen molar-refractivity contribution in [2.45, 2.75) is 6.92 Å². The van der Waals surface area contributed by atoms with Crippen LogP contribution < -0.4 is 15.5 Å². The van der Waals surface area contributed by atoms with Crippen LogP contribution in [0.4, 0.5) is 28.8 Å². The number of nitrogens with one attached hydrogen (secondary N) is 2. The largest absolute Gasteiger partial charge is 0.378 e. The lowest BCUT2D eigenvalue weighted by Crippen LogP contribution is -2.36. The van der Waals surface area contributed by atoms with E-state index in [4.69, 9.17) is 16.3 Å². The molecule has 7 heteroatoms. The van der Waals surface area contributed by atoms with E-state index >= 15 is 0 Å². The molecule has 1 fully saturated rings. The van der Waals surface area contributed by atoms with Crippen LogP contribution in [-0.2, 0) is 4.74 Å². The van der Waals surface area contributed by atoms with Gasteiger partial charge < -0.3 is 20.3 Å². The zero-order chi connectivity index (χ0) is 19.3. The molecular weight excluding hydrogens is 374 g/mol. The van der Waals surface area contributed by atoms with Gasteiger partial charge >= 0.3 is 0 Å². The van der Waals surface area contributed by atoms with Crippen molar-refractivity contribution in [1.82, 2.24) is 9.97 Å². The van der Waals surface area contributed by atoms with Gasteiger partial charge in [0, 0.05) is 30.0 Å². The summed E-state index contributed by atoms with van der Waals surface area (Å²) < 4.78 is 5.47. The molecule has 2 N–H and O–H groups in total. The van der Waals surface area contributed by atoms with Gasteiger partial charge in [0.05, 0.1) is 24.6 Å². The molecule has 1 aliphatic heterocycles. The van der Waals surface area contributed by atoms with Gasteiger partial charge in [0.25, 0.3) is 0 Å². The number of aryl methyl sites for hydroxylation is 1. The molecule has 2 heterocycles. The number of morpholine rings is 1. The lowest BCUT2D eigenvalue weighted by atomic mass is 10.2. The van der Waals surface area contributed by atoms with Crippen molar-refractivity contribution in [1.29, 1.82) is 0 Å². The van der Waals surface area contributed by atoms with Crippen LogP contribution in [0.1, 0.15) is 5.56 Å². The number of aromatic nitrogens is 2. The van der Waals surface area contributed by atoms with Gasteiger partial charge in [0.1, 0.15) is 5.82 Å². The Morgan fingerprint density at radius 3 is 2.68 bits per heavy atom. The second-order valence-electron chi connectivity index (χ2n) is 6.59. The highest BCUT2D eigenvalue weighted by Crippen LogP contribution is 2.29. The van der Waals surface area contributed by atoms with Crippen LogP contribution >= 0.6 is 11.6 Å². The van der Waals surface area contributed by atoms with Gasteiger partial charge in [-0.25, -0.2) is 4.98 Å². The molecule has 0 spiro atoms. The second-order valence-corrected chi connectivity index (χ2v) is 7.03. The third-order valence-corrected chi connectivity index (χ3v) is 4.86. The van der Waals surface area contributed by atoms with Crippen LogP contribution in [0.5, 0.6) is 0 Å². The van der Waals surface area contributed by atoms with Crippen LogP contribution in [-0.4, -0.2) is 36.3 Å². The lowest BCUT2D eigenvalue weighted by Gasteiger charge is -2.30. The third-order valence-electron chi connectivity index (χ3n) is 4.62. The summed E-state index contributed by atoms with van der Waals surface area (Å²) in [7, 11) is 0. The van der Waals surface area contributed by atoms with Crippen LogP contribution in [0.3, 0.4) is 0 Å². The molecule has 0 saturated carbocycles. The van der Waals surface area contributed by atoms with Gasteiger partial charge in [0.15, 0.2) is 0 Å². The van der Waals surface area contributed by atoms with E-state index in [1.165, 1.54) is 0 Å². The van der Waals surface area contributed by atoms with Crippen LogP contribution in [0, 0.1) is 6.92 Å². The summed E-state index contributed by atoms with van der Waals surface area (Å²) in [5.74, 6) is 1.23. The highest BCUT2D eigenvalue weighted by molar-refractivity contribution is 6.30. The van der Waals surface area contributed by atoms with Gasteiger partial charge in [-0.05, 0) is 42.8 Å². The number of ether oxygens (including phenoxy) is 1. The molecule has 1 saturated heterocycles. The molecule has 1 aliphatic rings. The van der Waals surface area contributed by atoms with Gasteiger partial charge in [0.2, 0.25) is 5.95 Å². The average Bonchev–Trinajstić information content (AvgIpc) is 2.72. The molecule has 2 aromatic carbocycles. The van der Waals surface area contributed by atoms with Crippen LogP contribution in [0.2, 0.25) is 5.02 Å². The summed E-state index contributed by atoms with van der Waals surface area (Å²) in [4.78, 5) is 11.3. The molecule has 144 valence electrons. The number of rotatable bonds is 5. The van der Waals surface area contributed by atoms with Gasteiger partial charge in [-0.2, -0.15) is 4.98 Å². The molecule has 0 unspecified atom stereocenters. The van der Waals surface area contributed by atoms with E-state index in [-0.39, 0.29) is 0 Å². The monoisotopic (exact) mass is 395 g/mol. The SMILES string of the molecule is Cc1ccc(Cl)cc1Nc1ccnc(Nc2ccccc2N2CCOCC2)n1. The van der Waals surface area contributed by atoms with Crippen molar-refractivity contribution in [3.8, 4) is 0 Å². The number of nitrogens with zero attached hydrogens (tertiary/aromatic N) is 3. The standard InChI is InChI=1S/C21H22ClN5O/c1-15-6-7-16(22)14-18(15)24-20-8-9-23-21(26-20)25-17-4-2-3-5-19(17)27-10-12-28-13-11-27/h2-9,14H,10-13H2,1H3,(H2,23,24,25,26). The Bertz CT molecular complexity index is 959. The summed E-state index contributed by atoms with van der Waals surface area (Å²) >= 11 is 6.11. The summed E-state index contributed by atoms with van der Waals surface area (Å²) in [5, 5.41) is 7.35. The number of anilines is 5. The van der Waals surface area contributed by atoms with Crippen LogP contribution in [0.25, 0.3) is 0 Å². The molecule has 0 atom stereocenters. The van der Waals surface area contributed by atoms with Crippen LogP contribution in [0.15, 0.2) is 54.7 Å². The molecule has 0 amide bonds. The fourth-order valence-electron chi connectivity index (χ4n) is 3.14. The van der Waals surface area contributed by atoms with Crippen molar-refractivity contribution in [2.75, 3.05) is 41.8 Å². The van der Waals surface area contributed by atoms with Gasteiger partial charge in [-0.1, -0.05) is 29.8 Å². The maximum atomic E-state index is 6.11. The molecule has 0 aliphatic carbocycles. The van der Waals surface area contributed by atoms with E-state index in [2.05, 4.69) is 31.6 Å². The second kappa shape index (κ2) is 8.46. The molecule has 3 aromatic rings. The Kier molecular flexibility index (Phi) is 5.60. The predicted molar refractivity (Wildman–Crippen MR) is 114 cm³/mol. The number of hydrogen-bond donors (Lipinski definition) is 2. The van der Waals surface area contributed by atoms with E-state index < -0.39 is 0 Å². The van der Waals surface area contributed by atoms with Gasteiger partial charge in [-0.3, -0.25) is 0 Å². The Hall–Kier alpha value is -2.83. The number of para-hydroxylation sites is 2. The van der Waals surface area contributed by atoms with Crippen molar-refractivity contribution >= 4 is 40.4 Å². The predicted octanol–water partition coefficient (Wildman–Crippen LogP) is 4.76. The minimum absolute atomic E-state index is 0.533. The van der Waals surface area contributed by atoms with E-state index in [0.29, 0.717) is 16.8 Å². The topological polar surface area (TPSA) is 62.3 Å². The molecular formula is C21H22ClN5O. The van der Waals surface area contributed by atoms with E-state index in [9.17, 15) is 0 Å². The van der Waals surface area contributed by atoms with Crippen molar-refractivity contribution in [3.63, 3.8) is 0 Å². The summed E-state index contributed by atoms with van der Waals surface area (Å²) in [6.07, 6.45) is 1.73. The maximum Gasteiger partial charge on any atom is 0.229 e. The van der Waals surface area contributed by atoms with Gasteiger partial charge in [-0.15, -0.1) is 0 Å². The summed E-state index contributed by atoms with van der Waals surface area (Å²) in [6.45, 7) is 5.24. The average molecular weight is 396 g/mol. The Morgan fingerprint density at radius 2 is 1.82 bits per heavy atom. The van der Waals surface area contributed by atoms with E-state index in [1.807, 2.05) is 49.4 Å². The number of benzene rings is 2. The lowest BCUT2D eigenvalue weighted by molar-refractivity contribution is 0.123. The smallest absolute Gasteiger partial charge is 0.229 e. The molecule has 1 aromatic heterocycles. The zero-order valence-electron chi connectivity index (χ0n) is 15.7. The zero-order valence-corrected chi connectivity index (χ0v) is 16.4. The Balaban J connectivity index is 1.55. The molecule has 0 bridgehead atoms. The highest BCUT2D eigenvalue weighted by atomic mass is 35.5. The fourth-order valence-corrected chi connectivity index (χ4v) is 3.31. The minimum atomic E-state index is 0.533. The van der Waals surface area contributed by atoms with Crippen molar-refractivity contribution < 1.29 is 4.74 Å². The first-order valence-electron chi connectivity index (χ1n) is 9.24. The van der Waals surface area contributed by atoms with Crippen molar-refractivity contribution in [2.24, 2.45) is 0 Å². The first-order chi connectivity index (χ1) is 13.7. The fraction of sp³-hybridized carbons (Fsp3) is 0.238. The highest BCUT2D eigenvalue weighted by Gasteiger charge is 2.15. The minimum Gasteiger partial charge on any atom is -0.378 e. The van der Waals surface area contributed by atoms with E-state index in [1.54, 1.807) is 6.20 Å². The van der Waals surface area contributed by atoms with E-state index in [0.717, 1.165) is 48.9 Å². The number of hydrogen-bond acceptors (Lipinski definition) is 6. The first-order valence-corrected chi connectivity index (χ1v) is 9.62. The molecule has 6 nitrogen and oxygen atoms in total. The van der Waals surface area contributed by atoms with Crippen molar-refractivity contribution in [3.05, 3.63) is 65.3 Å². The summed E-state index contributed by atoms with van der Waals surface area (Å²) in [5.41, 5.74) is 4.11. The quantitative estimate of drug-likeness (QED) is 0.649. The third kappa shape index (κ3) is 4.35. The molecule has 28 heavy (non-hydrogen) atoms. The normalized spacial score (nSPS) is 14.0. The maximum absolute atomic E-state index is 6.11. The number of halogens is 1. The first kappa shape index (κ1) is 18.5. The Morgan fingerprint density at radius 1 is 1.00 bits per heavy atom. The Labute approximate surface area is 169 Å².